The SMILES string of the molecule is CC(C)Oc1ccc(C(NCCCN2CCOCC2)C(C)C)cc1. The molecular formula is C20H34N2O2. The van der Waals surface area contributed by atoms with Crippen LogP contribution in [-0.2, 0) is 4.74 Å². The molecular weight excluding hydrogens is 300 g/mol. The Balaban J connectivity index is 1.80. The van der Waals surface area contributed by atoms with E-state index in [4.69, 9.17) is 9.47 Å². The molecule has 1 aliphatic rings. The maximum absolute atomic E-state index is 5.74. The Morgan fingerprint density at radius 2 is 1.75 bits per heavy atom. The van der Waals surface area contributed by atoms with Gasteiger partial charge in [0.15, 0.2) is 0 Å². The predicted molar refractivity (Wildman–Crippen MR) is 99.7 cm³/mol. The summed E-state index contributed by atoms with van der Waals surface area (Å²) < 4.78 is 11.1. The van der Waals surface area contributed by atoms with Gasteiger partial charge in [-0.15, -0.1) is 0 Å². The lowest BCUT2D eigenvalue weighted by Crippen LogP contribution is -2.38. The first-order valence-electron chi connectivity index (χ1n) is 9.36. The van der Waals surface area contributed by atoms with E-state index >= 15 is 0 Å². The molecule has 136 valence electrons. The Morgan fingerprint density at radius 1 is 1.08 bits per heavy atom. The number of ether oxygens (including phenoxy) is 2. The van der Waals surface area contributed by atoms with Crippen LogP contribution in [0.2, 0.25) is 0 Å². The summed E-state index contributed by atoms with van der Waals surface area (Å²) in [7, 11) is 0. The largest absolute Gasteiger partial charge is 0.491 e. The van der Waals surface area contributed by atoms with Gasteiger partial charge in [-0.25, -0.2) is 0 Å². The third-order valence-electron chi connectivity index (χ3n) is 4.40. The number of nitrogens with one attached hydrogen (secondary N) is 1. The van der Waals surface area contributed by atoms with E-state index in [0.717, 1.165) is 45.1 Å². The van der Waals surface area contributed by atoms with Gasteiger partial charge in [0.05, 0.1) is 19.3 Å². The van der Waals surface area contributed by atoms with Gasteiger partial charge in [-0.05, 0) is 57.0 Å². The molecule has 0 aromatic heterocycles. The Hall–Kier alpha value is -1.10. The summed E-state index contributed by atoms with van der Waals surface area (Å²) >= 11 is 0. The highest BCUT2D eigenvalue weighted by Crippen LogP contribution is 2.24. The molecule has 1 aliphatic heterocycles. The second kappa shape index (κ2) is 10.0. The van der Waals surface area contributed by atoms with Crippen molar-refractivity contribution in [3.05, 3.63) is 29.8 Å². The minimum atomic E-state index is 0.218. The average molecular weight is 335 g/mol. The quantitative estimate of drug-likeness (QED) is 0.701. The van der Waals surface area contributed by atoms with E-state index in [9.17, 15) is 0 Å². The summed E-state index contributed by atoms with van der Waals surface area (Å²) in [5.74, 6) is 1.51. The van der Waals surface area contributed by atoms with Gasteiger partial charge in [0, 0.05) is 19.1 Å². The minimum absolute atomic E-state index is 0.218. The van der Waals surface area contributed by atoms with Crippen LogP contribution in [0.4, 0.5) is 0 Å². The molecule has 0 radical (unpaired) electrons. The Kier molecular flexibility index (Phi) is 8.03. The lowest BCUT2D eigenvalue weighted by Gasteiger charge is -2.27. The summed E-state index contributed by atoms with van der Waals surface area (Å²) in [6.07, 6.45) is 1.40. The van der Waals surface area contributed by atoms with E-state index in [1.54, 1.807) is 0 Å². The van der Waals surface area contributed by atoms with Gasteiger partial charge >= 0.3 is 0 Å². The molecule has 0 saturated carbocycles. The average Bonchev–Trinajstić information content (AvgIpc) is 2.56. The topological polar surface area (TPSA) is 33.7 Å². The summed E-state index contributed by atoms with van der Waals surface area (Å²) in [5.41, 5.74) is 1.34. The molecule has 0 aliphatic carbocycles. The van der Waals surface area contributed by atoms with Crippen LogP contribution in [0.3, 0.4) is 0 Å². The zero-order valence-electron chi connectivity index (χ0n) is 15.8. The molecule has 1 fully saturated rings. The molecule has 24 heavy (non-hydrogen) atoms. The first-order valence-corrected chi connectivity index (χ1v) is 9.36. The van der Waals surface area contributed by atoms with Crippen LogP contribution in [0.25, 0.3) is 0 Å². The van der Waals surface area contributed by atoms with Crippen molar-refractivity contribution in [2.45, 2.75) is 46.3 Å². The molecule has 1 heterocycles. The minimum Gasteiger partial charge on any atom is -0.491 e. The molecule has 1 N–H and O–H groups in total. The van der Waals surface area contributed by atoms with Crippen molar-refractivity contribution in [1.29, 1.82) is 0 Å². The normalized spacial score (nSPS) is 17.4. The molecule has 1 aromatic rings. The molecule has 4 nitrogen and oxygen atoms in total. The molecule has 1 unspecified atom stereocenters. The second-order valence-electron chi connectivity index (χ2n) is 7.22. The number of nitrogens with zero attached hydrogens (tertiary/aromatic N) is 1. The predicted octanol–water partition coefficient (Wildman–Crippen LogP) is 3.48. The van der Waals surface area contributed by atoms with Crippen molar-refractivity contribution >= 4 is 0 Å². The maximum atomic E-state index is 5.74. The monoisotopic (exact) mass is 334 g/mol. The zero-order chi connectivity index (χ0) is 17.4. The first-order chi connectivity index (χ1) is 11.6. The van der Waals surface area contributed by atoms with Crippen molar-refractivity contribution in [3.8, 4) is 5.75 Å². The number of benzene rings is 1. The Labute approximate surface area is 147 Å². The summed E-state index contributed by atoms with van der Waals surface area (Å²) in [6.45, 7) is 14.8. The third kappa shape index (κ3) is 6.42. The van der Waals surface area contributed by atoms with Crippen LogP contribution in [-0.4, -0.2) is 50.4 Å². The zero-order valence-corrected chi connectivity index (χ0v) is 15.8. The molecule has 1 atom stereocenters. The van der Waals surface area contributed by atoms with E-state index in [2.05, 4.69) is 62.2 Å². The summed E-state index contributed by atoms with van der Waals surface area (Å²) in [5, 5.41) is 3.74. The summed E-state index contributed by atoms with van der Waals surface area (Å²) in [6, 6.07) is 8.94. The Bertz CT molecular complexity index is 453. The van der Waals surface area contributed by atoms with Gasteiger partial charge in [-0.3, -0.25) is 4.90 Å². The van der Waals surface area contributed by atoms with E-state index in [-0.39, 0.29) is 6.10 Å². The van der Waals surface area contributed by atoms with Gasteiger partial charge in [-0.1, -0.05) is 26.0 Å². The highest BCUT2D eigenvalue weighted by atomic mass is 16.5. The van der Waals surface area contributed by atoms with Gasteiger partial charge in [0.1, 0.15) is 5.75 Å². The second-order valence-corrected chi connectivity index (χ2v) is 7.22. The highest BCUT2D eigenvalue weighted by Gasteiger charge is 2.16. The molecule has 1 saturated heterocycles. The number of rotatable bonds is 9. The van der Waals surface area contributed by atoms with Gasteiger partial charge < -0.3 is 14.8 Å². The van der Waals surface area contributed by atoms with Gasteiger partial charge in [0.2, 0.25) is 0 Å². The lowest BCUT2D eigenvalue weighted by atomic mass is 9.96. The fraction of sp³-hybridized carbons (Fsp3) is 0.700. The van der Waals surface area contributed by atoms with Gasteiger partial charge in [-0.2, -0.15) is 0 Å². The molecule has 0 bridgehead atoms. The lowest BCUT2D eigenvalue weighted by molar-refractivity contribution is 0.0373. The van der Waals surface area contributed by atoms with Crippen LogP contribution in [0.15, 0.2) is 24.3 Å². The van der Waals surface area contributed by atoms with Crippen LogP contribution in [0.5, 0.6) is 5.75 Å². The first kappa shape index (κ1) is 19.2. The number of hydrogen-bond acceptors (Lipinski definition) is 4. The van der Waals surface area contributed by atoms with Crippen molar-refractivity contribution in [2.24, 2.45) is 5.92 Å². The Morgan fingerprint density at radius 3 is 2.33 bits per heavy atom. The van der Waals surface area contributed by atoms with Crippen molar-refractivity contribution in [1.82, 2.24) is 10.2 Å². The van der Waals surface area contributed by atoms with E-state index in [1.807, 2.05) is 0 Å². The summed E-state index contributed by atoms with van der Waals surface area (Å²) in [4.78, 5) is 2.49. The highest BCUT2D eigenvalue weighted by molar-refractivity contribution is 5.29. The standard InChI is InChI=1S/C20H34N2O2/c1-16(2)20(18-6-8-19(9-7-18)24-17(3)4)21-10-5-11-22-12-14-23-15-13-22/h6-9,16-17,20-21H,5,10-15H2,1-4H3. The molecule has 4 heteroatoms. The number of hydrogen-bond donors (Lipinski definition) is 1. The van der Waals surface area contributed by atoms with E-state index in [1.165, 1.54) is 12.0 Å². The fourth-order valence-electron chi connectivity index (χ4n) is 3.15. The molecule has 0 spiro atoms. The molecule has 0 amide bonds. The van der Waals surface area contributed by atoms with E-state index in [0.29, 0.717) is 12.0 Å². The van der Waals surface area contributed by atoms with Crippen LogP contribution in [0.1, 0.15) is 45.7 Å². The fourth-order valence-corrected chi connectivity index (χ4v) is 3.15. The van der Waals surface area contributed by atoms with Crippen LogP contribution >= 0.6 is 0 Å². The smallest absolute Gasteiger partial charge is 0.119 e. The van der Waals surface area contributed by atoms with Crippen LogP contribution < -0.4 is 10.1 Å². The molecule has 2 rings (SSSR count). The van der Waals surface area contributed by atoms with Crippen molar-refractivity contribution in [3.63, 3.8) is 0 Å². The van der Waals surface area contributed by atoms with Crippen molar-refractivity contribution in [2.75, 3.05) is 39.4 Å². The maximum Gasteiger partial charge on any atom is 0.119 e. The third-order valence-corrected chi connectivity index (χ3v) is 4.40. The van der Waals surface area contributed by atoms with Gasteiger partial charge in [0.25, 0.3) is 0 Å². The van der Waals surface area contributed by atoms with Crippen molar-refractivity contribution < 1.29 is 9.47 Å². The number of morpholine rings is 1. The van der Waals surface area contributed by atoms with Crippen LogP contribution in [0, 0.1) is 5.92 Å². The molecule has 1 aromatic carbocycles. The van der Waals surface area contributed by atoms with E-state index < -0.39 is 0 Å².